The van der Waals surface area contributed by atoms with Gasteiger partial charge in [-0.25, -0.2) is 14.6 Å². The Balaban J connectivity index is 2.00. The second kappa shape index (κ2) is 8.50. The lowest BCUT2D eigenvalue weighted by Gasteiger charge is -2.07. The molecule has 0 aliphatic carbocycles. The summed E-state index contributed by atoms with van der Waals surface area (Å²) in [5, 5.41) is 11.1. The van der Waals surface area contributed by atoms with Gasteiger partial charge in [0.25, 0.3) is 0 Å². The number of fused-ring (bicyclic) bond motifs is 1. The Morgan fingerprint density at radius 2 is 2.27 bits per heavy atom. The number of amides is 1. The van der Waals surface area contributed by atoms with E-state index in [2.05, 4.69) is 25.7 Å². The fourth-order valence-corrected chi connectivity index (χ4v) is 2.12. The first kappa shape index (κ1) is 16.4. The smallest absolute Gasteiger partial charge is 0.221 e. The number of alkyl halides is 1. The minimum atomic E-state index is -0.0667. The van der Waals surface area contributed by atoms with Crippen LogP contribution in [-0.2, 0) is 16.1 Å². The standard InChI is InChI=1S/C13H19ClN6O2/c1-22-7-5-16-12-10-8-19-20(13(10)18-9-17-12)6-4-15-11(21)2-3-14/h8-9H,2-7H2,1H3,(H,15,21)(H,16,17,18). The molecule has 0 fully saturated rings. The number of nitrogens with one attached hydrogen (secondary N) is 2. The molecule has 0 unspecified atom stereocenters. The molecule has 2 heterocycles. The second-order valence-electron chi connectivity index (χ2n) is 4.54. The van der Waals surface area contributed by atoms with Crippen LogP contribution < -0.4 is 10.6 Å². The molecule has 22 heavy (non-hydrogen) atoms. The van der Waals surface area contributed by atoms with Gasteiger partial charge in [0.2, 0.25) is 5.91 Å². The van der Waals surface area contributed by atoms with E-state index in [0.29, 0.717) is 38.5 Å². The number of nitrogens with zero attached hydrogens (tertiary/aromatic N) is 4. The Morgan fingerprint density at radius 3 is 3.05 bits per heavy atom. The maximum Gasteiger partial charge on any atom is 0.221 e. The molecular weight excluding hydrogens is 308 g/mol. The Kier molecular flexibility index (Phi) is 6.35. The van der Waals surface area contributed by atoms with Gasteiger partial charge < -0.3 is 15.4 Å². The summed E-state index contributed by atoms with van der Waals surface area (Å²) in [5.41, 5.74) is 0.724. The molecule has 0 aromatic carbocycles. The molecular formula is C13H19ClN6O2. The Hall–Kier alpha value is -1.93. The molecule has 9 heteroatoms. The summed E-state index contributed by atoms with van der Waals surface area (Å²) >= 11 is 5.51. The van der Waals surface area contributed by atoms with Crippen molar-refractivity contribution in [3.8, 4) is 0 Å². The molecule has 120 valence electrons. The number of ether oxygens (including phenoxy) is 1. The monoisotopic (exact) mass is 326 g/mol. The summed E-state index contributed by atoms with van der Waals surface area (Å²) < 4.78 is 6.74. The number of halogens is 1. The van der Waals surface area contributed by atoms with Crippen molar-refractivity contribution in [1.82, 2.24) is 25.1 Å². The summed E-state index contributed by atoms with van der Waals surface area (Å²) in [6.45, 7) is 2.25. The van der Waals surface area contributed by atoms with Crippen LogP contribution in [0.2, 0.25) is 0 Å². The number of rotatable bonds is 9. The van der Waals surface area contributed by atoms with Gasteiger partial charge in [-0.3, -0.25) is 4.79 Å². The van der Waals surface area contributed by atoms with Gasteiger partial charge in [0.15, 0.2) is 5.65 Å². The summed E-state index contributed by atoms with van der Waals surface area (Å²) in [6.07, 6.45) is 3.52. The number of hydrogen-bond donors (Lipinski definition) is 2. The Labute approximate surface area is 133 Å². The number of methoxy groups -OCH3 is 1. The van der Waals surface area contributed by atoms with Crippen LogP contribution in [0.3, 0.4) is 0 Å². The van der Waals surface area contributed by atoms with E-state index in [1.54, 1.807) is 18.0 Å². The highest BCUT2D eigenvalue weighted by Gasteiger charge is 2.09. The van der Waals surface area contributed by atoms with Gasteiger partial charge in [0, 0.05) is 32.5 Å². The van der Waals surface area contributed by atoms with Gasteiger partial charge in [-0.15, -0.1) is 11.6 Å². The van der Waals surface area contributed by atoms with Gasteiger partial charge in [0.1, 0.15) is 12.1 Å². The number of aromatic nitrogens is 4. The highest BCUT2D eigenvalue weighted by molar-refractivity contribution is 6.18. The largest absolute Gasteiger partial charge is 0.383 e. The van der Waals surface area contributed by atoms with Gasteiger partial charge in [0.05, 0.1) is 24.7 Å². The quantitative estimate of drug-likeness (QED) is 0.518. The van der Waals surface area contributed by atoms with E-state index in [4.69, 9.17) is 16.3 Å². The molecule has 0 atom stereocenters. The number of hydrogen-bond acceptors (Lipinski definition) is 6. The molecule has 2 aromatic heterocycles. The molecule has 2 aromatic rings. The molecule has 2 rings (SSSR count). The van der Waals surface area contributed by atoms with Gasteiger partial charge >= 0.3 is 0 Å². The Morgan fingerprint density at radius 1 is 1.41 bits per heavy atom. The third kappa shape index (κ3) is 4.28. The maximum atomic E-state index is 11.4. The average molecular weight is 327 g/mol. The number of carbonyl (C=O) groups is 1. The van der Waals surface area contributed by atoms with Crippen LogP contribution in [0.1, 0.15) is 6.42 Å². The zero-order chi connectivity index (χ0) is 15.8. The normalized spacial score (nSPS) is 10.8. The van der Waals surface area contributed by atoms with E-state index in [-0.39, 0.29) is 5.91 Å². The van der Waals surface area contributed by atoms with Gasteiger partial charge in [-0.2, -0.15) is 5.10 Å². The van der Waals surface area contributed by atoms with Gasteiger partial charge in [-0.05, 0) is 0 Å². The van der Waals surface area contributed by atoms with E-state index >= 15 is 0 Å². The molecule has 2 N–H and O–H groups in total. The number of carbonyl (C=O) groups excluding carboxylic acids is 1. The minimum absolute atomic E-state index is 0.0667. The average Bonchev–Trinajstić information content (AvgIpc) is 2.92. The molecule has 0 saturated heterocycles. The molecule has 0 aliphatic rings. The van der Waals surface area contributed by atoms with Crippen molar-refractivity contribution in [2.75, 3.05) is 38.0 Å². The van der Waals surface area contributed by atoms with Crippen molar-refractivity contribution in [3.05, 3.63) is 12.5 Å². The predicted octanol–water partition coefficient (Wildman–Crippen LogP) is 0.630. The van der Waals surface area contributed by atoms with Crippen LogP contribution in [0.4, 0.5) is 5.82 Å². The first-order valence-corrected chi connectivity index (χ1v) is 7.51. The van der Waals surface area contributed by atoms with E-state index in [1.165, 1.54) is 6.33 Å². The van der Waals surface area contributed by atoms with Crippen LogP contribution in [0, 0.1) is 0 Å². The van der Waals surface area contributed by atoms with Crippen molar-refractivity contribution >= 4 is 34.4 Å². The predicted molar refractivity (Wildman–Crippen MR) is 84.0 cm³/mol. The SMILES string of the molecule is COCCNc1ncnc2c1cnn2CCNC(=O)CCCl. The Bertz CT molecular complexity index is 618. The summed E-state index contributed by atoms with van der Waals surface area (Å²) in [6, 6.07) is 0. The van der Waals surface area contributed by atoms with Crippen LogP contribution in [0.25, 0.3) is 11.0 Å². The van der Waals surface area contributed by atoms with Gasteiger partial charge in [-0.1, -0.05) is 0 Å². The van der Waals surface area contributed by atoms with Crippen LogP contribution in [-0.4, -0.2) is 58.3 Å². The van der Waals surface area contributed by atoms with Crippen molar-refractivity contribution in [2.24, 2.45) is 0 Å². The molecule has 0 aliphatic heterocycles. The fraction of sp³-hybridized carbons (Fsp3) is 0.538. The van der Waals surface area contributed by atoms with E-state index in [0.717, 1.165) is 16.9 Å². The van der Waals surface area contributed by atoms with Crippen LogP contribution in [0.15, 0.2) is 12.5 Å². The van der Waals surface area contributed by atoms with Crippen LogP contribution in [0.5, 0.6) is 0 Å². The molecule has 0 bridgehead atoms. The summed E-state index contributed by atoms with van der Waals surface area (Å²) in [5.74, 6) is 0.975. The van der Waals surface area contributed by atoms with Crippen LogP contribution >= 0.6 is 11.6 Å². The molecule has 8 nitrogen and oxygen atoms in total. The van der Waals surface area contributed by atoms with Crippen molar-refractivity contribution < 1.29 is 9.53 Å². The lowest BCUT2D eigenvalue weighted by molar-refractivity contribution is -0.120. The second-order valence-corrected chi connectivity index (χ2v) is 4.91. The highest BCUT2D eigenvalue weighted by Crippen LogP contribution is 2.17. The maximum absolute atomic E-state index is 11.4. The van der Waals surface area contributed by atoms with Crippen molar-refractivity contribution in [1.29, 1.82) is 0 Å². The molecule has 0 spiro atoms. The third-order valence-corrected chi connectivity index (χ3v) is 3.19. The first-order valence-electron chi connectivity index (χ1n) is 6.98. The van der Waals surface area contributed by atoms with E-state index in [1.807, 2.05) is 0 Å². The van der Waals surface area contributed by atoms with Crippen molar-refractivity contribution in [2.45, 2.75) is 13.0 Å². The third-order valence-electron chi connectivity index (χ3n) is 3.00. The zero-order valence-corrected chi connectivity index (χ0v) is 13.1. The fourth-order valence-electron chi connectivity index (χ4n) is 1.94. The lowest BCUT2D eigenvalue weighted by atomic mass is 10.4. The molecule has 0 radical (unpaired) electrons. The van der Waals surface area contributed by atoms with Crippen molar-refractivity contribution in [3.63, 3.8) is 0 Å². The van der Waals surface area contributed by atoms with E-state index in [9.17, 15) is 4.79 Å². The highest BCUT2D eigenvalue weighted by atomic mass is 35.5. The minimum Gasteiger partial charge on any atom is -0.383 e. The lowest BCUT2D eigenvalue weighted by Crippen LogP contribution is -2.27. The van der Waals surface area contributed by atoms with E-state index < -0.39 is 0 Å². The zero-order valence-electron chi connectivity index (χ0n) is 12.4. The molecule has 0 saturated carbocycles. The first-order chi connectivity index (χ1) is 10.8. The summed E-state index contributed by atoms with van der Waals surface area (Å²) in [4.78, 5) is 19.8. The number of anilines is 1. The molecule has 1 amide bonds. The summed E-state index contributed by atoms with van der Waals surface area (Å²) in [7, 11) is 1.65. The topological polar surface area (TPSA) is 94.0 Å².